The van der Waals surface area contributed by atoms with Gasteiger partial charge in [0.25, 0.3) is 0 Å². The van der Waals surface area contributed by atoms with Gasteiger partial charge in [0.2, 0.25) is 0 Å². The average molecular weight is 374 g/mol. The van der Waals surface area contributed by atoms with Crippen molar-refractivity contribution in [1.29, 1.82) is 0 Å². The van der Waals surface area contributed by atoms with E-state index in [1.165, 1.54) is 6.07 Å². The number of benzene rings is 2. The molecule has 0 aromatic heterocycles. The van der Waals surface area contributed by atoms with Gasteiger partial charge in [-0.1, -0.05) is 22.0 Å². The molecule has 1 nitrogen and oxygen atoms in total. The van der Waals surface area contributed by atoms with Crippen molar-refractivity contribution < 1.29 is 9.13 Å². The summed E-state index contributed by atoms with van der Waals surface area (Å²) in [6.45, 7) is 1.71. The number of aryl methyl sites for hydroxylation is 1. The topological polar surface area (TPSA) is 9.23 Å². The van der Waals surface area contributed by atoms with Gasteiger partial charge in [0.05, 0.1) is 4.47 Å². The summed E-state index contributed by atoms with van der Waals surface area (Å²) in [4.78, 5) is 0. The molecule has 0 aliphatic heterocycles. The summed E-state index contributed by atoms with van der Waals surface area (Å²) in [7, 11) is 0. The minimum absolute atomic E-state index is 0.226. The van der Waals surface area contributed by atoms with Gasteiger partial charge in [0.15, 0.2) is 0 Å². The van der Waals surface area contributed by atoms with Crippen LogP contribution in [0.4, 0.5) is 4.39 Å². The fourth-order valence-corrected chi connectivity index (χ4v) is 2.37. The SMILES string of the molecule is Cc1cc(Oc2ccc(CBr)cc2Br)ccc1F. The van der Waals surface area contributed by atoms with Crippen LogP contribution in [0.5, 0.6) is 11.5 Å². The molecule has 2 aromatic carbocycles. The monoisotopic (exact) mass is 372 g/mol. The van der Waals surface area contributed by atoms with Gasteiger partial charge in [-0.15, -0.1) is 0 Å². The molecule has 2 aromatic rings. The maximum atomic E-state index is 13.1. The molecule has 0 radical (unpaired) electrons. The first-order valence-electron chi connectivity index (χ1n) is 5.38. The number of hydrogen-bond donors (Lipinski definition) is 0. The number of halogens is 3. The number of ether oxygens (including phenoxy) is 1. The van der Waals surface area contributed by atoms with Crippen molar-refractivity contribution in [1.82, 2.24) is 0 Å². The van der Waals surface area contributed by atoms with E-state index in [1.807, 2.05) is 18.2 Å². The lowest BCUT2D eigenvalue weighted by atomic mass is 10.2. The Morgan fingerprint density at radius 2 is 1.94 bits per heavy atom. The van der Waals surface area contributed by atoms with E-state index in [4.69, 9.17) is 4.74 Å². The van der Waals surface area contributed by atoms with Crippen LogP contribution in [0.15, 0.2) is 40.9 Å². The Bertz CT molecular complexity index is 570. The molecule has 4 heteroatoms. The van der Waals surface area contributed by atoms with E-state index in [1.54, 1.807) is 19.1 Å². The Labute approximate surface area is 122 Å². The van der Waals surface area contributed by atoms with Crippen LogP contribution in [0.1, 0.15) is 11.1 Å². The van der Waals surface area contributed by atoms with Crippen LogP contribution < -0.4 is 4.74 Å². The summed E-state index contributed by atoms with van der Waals surface area (Å²) in [5.74, 6) is 1.11. The van der Waals surface area contributed by atoms with Gasteiger partial charge in [-0.2, -0.15) is 0 Å². The van der Waals surface area contributed by atoms with Gasteiger partial charge in [0, 0.05) is 5.33 Å². The van der Waals surface area contributed by atoms with Crippen molar-refractivity contribution in [3.63, 3.8) is 0 Å². The molecule has 0 N–H and O–H groups in total. The minimum Gasteiger partial charge on any atom is -0.456 e. The van der Waals surface area contributed by atoms with E-state index in [0.717, 1.165) is 15.4 Å². The van der Waals surface area contributed by atoms with Gasteiger partial charge in [-0.25, -0.2) is 4.39 Å². The van der Waals surface area contributed by atoms with Crippen molar-refractivity contribution in [3.05, 3.63) is 57.8 Å². The Morgan fingerprint density at radius 3 is 2.56 bits per heavy atom. The van der Waals surface area contributed by atoms with E-state index in [-0.39, 0.29) is 5.82 Å². The van der Waals surface area contributed by atoms with Gasteiger partial charge < -0.3 is 4.74 Å². The Morgan fingerprint density at radius 1 is 1.17 bits per heavy atom. The van der Waals surface area contributed by atoms with E-state index in [9.17, 15) is 4.39 Å². The lowest BCUT2D eigenvalue weighted by molar-refractivity contribution is 0.476. The molecule has 0 heterocycles. The van der Waals surface area contributed by atoms with Crippen molar-refractivity contribution in [2.75, 3.05) is 0 Å². The minimum atomic E-state index is -0.226. The normalized spacial score (nSPS) is 10.4. The Hall–Kier alpha value is -0.870. The third kappa shape index (κ3) is 3.12. The zero-order chi connectivity index (χ0) is 13.1. The average Bonchev–Trinajstić information content (AvgIpc) is 2.36. The highest BCUT2D eigenvalue weighted by molar-refractivity contribution is 9.10. The van der Waals surface area contributed by atoms with Crippen LogP contribution in [0.3, 0.4) is 0 Å². The predicted octanol–water partition coefficient (Wildman–Crippen LogP) is 5.58. The molecule has 94 valence electrons. The predicted molar refractivity (Wildman–Crippen MR) is 78.0 cm³/mol. The molecular weight excluding hydrogens is 363 g/mol. The summed E-state index contributed by atoms with van der Waals surface area (Å²) in [6.07, 6.45) is 0. The highest BCUT2D eigenvalue weighted by Gasteiger charge is 2.05. The maximum absolute atomic E-state index is 13.1. The second-order valence-corrected chi connectivity index (χ2v) is 5.33. The molecule has 0 unspecified atom stereocenters. The van der Waals surface area contributed by atoms with E-state index < -0.39 is 0 Å². The summed E-state index contributed by atoms with van der Waals surface area (Å²) < 4.78 is 19.7. The van der Waals surface area contributed by atoms with E-state index in [0.29, 0.717) is 17.1 Å². The van der Waals surface area contributed by atoms with Crippen LogP contribution in [0.25, 0.3) is 0 Å². The molecular formula is C14H11Br2FO. The van der Waals surface area contributed by atoms with Gasteiger partial charge in [-0.3, -0.25) is 0 Å². The first kappa shape index (κ1) is 13.6. The zero-order valence-corrected chi connectivity index (χ0v) is 12.9. The summed E-state index contributed by atoms with van der Waals surface area (Å²) in [5.41, 5.74) is 1.73. The fraction of sp³-hybridized carbons (Fsp3) is 0.143. The molecule has 0 aliphatic rings. The van der Waals surface area contributed by atoms with Gasteiger partial charge in [-0.05, 0) is 64.3 Å². The number of alkyl halides is 1. The molecule has 0 atom stereocenters. The molecule has 0 saturated carbocycles. The fourth-order valence-electron chi connectivity index (χ4n) is 1.52. The number of hydrogen-bond acceptors (Lipinski definition) is 1. The highest BCUT2D eigenvalue weighted by atomic mass is 79.9. The van der Waals surface area contributed by atoms with Crippen LogP contribution in [-0.4, -0.2) is 0 Å². The lowest BCUT2D eigenvalue weighted by Crippen LogP contribution is -1.89. The quantitative estimate of drug-likeness (QED) is 0.637. The molecule has 0 fully saturated rings. The summed E-state index contributed by atoms with van der Waals surface area (Å²) >= 11 is 6.86. The second kappa shape index (κ2) is 5.85. The van der Waals surface area contributed by atoms with Crippen molar-refractivity contribution in [2.45, 2.75) is 12.3 Å². The highest BCUT2D eigenvalue weighted by Crippen LogP contribution is 2.31. The van der Waals surface area contributed by atoms with Crippen LogP contribution in [0, 0.1) is 12.7 Å². The van der Waals surface area contributed by atoms with E-state index in [2.05, 4.69) is 31.9 Å². The Balaban J connectivity index is 2.25. The third-order valence-electron chi connectivity index (χ3n) is 2.51. The van der Waals surface area contributed by atoms with Crippen molar-refractivity contribution >= 4 is 31.9 Å². The summed E-state index contributed by atoms with van der Waals surface area (Å²) in [5, 5.41) is 0.793. The molecule has 0 spiro atoms. The molecule has 0 saturated heterocycles. The molecule has 18 heavy (non-hydrogen) atoms. The second-order valence-electron chi connectivity index (χ2n) is 3.91. The van der Waals surface area contributed by atoms with Crippen molar-refractivity contribution in [2.24, 2.45) is 0 Å². The van der Waals surface area contributed by atoms with Gasteiger partial charge >= 0.3 is 0 Å². The number of rotatable bonds is 3. The largest absolute Gasteiger partial charge is 0.456 e. The molecule has 0 bridgehead atoms. The van der Waals surface area contributed by atoms with E-state index >= 15 is 0 Å². The molecule has 2 rings (SSSR count). The van der Waals surface area contributed by atoms with Crippen molar-refractivity contribution in [3.8, 4) is 11.5 Å². The first-order chi connectivity index (χ1) is 8.60. The third-order valence-corrected chi connectivity index (χ3v) is 3.78. The molecule has 0 amide bonds. The smallest absolute Gasteiger partial charge is 0.141 e. The Kier molecular flexibility index (Phi) is 4.40. The summed E-state index contributed by atoms with van der Waals surface area (Å²) in [6, 6.07) is 10.6. The van der Waals surface area contributed by atoms with Crippen LogP contribution in [-0.2, 0) is 5.33 Å². The van der Waals surface area contributed by atoms with Crippen LogP contribution >= 0.6 is 31.9 Å². The maximum Gasteiger partial charge on any atom is 0.141 e. The first-order valence-corrected chi connectivity index (χ1v) is 7.30. The standard InChI is InChI=1S/C14H11Br2FO/c1-9-6-11(3-4-13(9)17)18-14-5-2-10(8-15)7-12(14)16/h2-7H,8H2,1H3. The van der Waals surface area contributed by atoms with Crippen LogP contribution in [0.2, 0.25) is 0 Å². The molecule has 0 aliphatic carbocycles. The lowest BCUT2D eigenvalue weighted by Gasteiger charge is -2.09. The zero-order valence-electron chi connectivity index (χ0n) is 9.71. The van der Waals surface area contributed by atoms with Gasteiger partial charge in [0.1, 0.15) is 17.3 Å².